The highest BCUT2D eigenvalue weighted by atomic mass is 35.5. The molecule has 3 rings (SSSR count). The Morgan fingerprint density at radius 3 is 2.52 bits per heavy atom. The van der Waals surface area contributed by atoms with Gasteiger partial charge in [-0.05, 0) is 60.7 Å². The molecule has 1 fully saturated rings. The van der Waals surface area contributed by atoms with E-state index >= 15 is 0 Å². The average molecular weight is 302 g/mol. The molecule has 3 nitrogen and oxygen atoms in total. The Morgan fingerprint density at radius 2 is 1.90 bits per heavy atom. The molecule has 4 heteroatoms. The quantitative estimate of drug-likeness (QED) is 0.903. The number of hydrogen-bond acceptors (Lipinski definition) is 2. The van der Waals surface area contributed by atoms with Gasteiger partial charge in [0, 0.05) is 11.6 Å². The molecule has 0 aromatic heterocycles. The van der Waals surface area contributed by atoms with Gasteiger partial charge in [-0.2, -0.15) is 0 Å². The van der Waals surface area contributed by atoms with Gasteiger partial charge in [-0.1, -0.05) is 23.7 Å². The number of phenolic OH excluding ortho intramolecular Hbond substituents is 1. The fourth-order valence-electron chi connectivity index (χ4n) is 2.27. The summed E-state index contributed by atoms with van der Waals surface area (Å²) in [5.74, 6) is 0.0582. The first kappa shape index (κ1) is 14.0. The molecule has 0 saturated heterocycles. The van der Waals surface area contributed by atoms with Crippen LogP contribution in [0.3, 0.4) is 0 Å². The fourth-order valence-corrected chi connectivity index (χ4v) is 2.44. The van der Waals surface area contributed by atoms with Crippen LogP contribution in [0.25, 0.3) is 11.1 Å². The van der Waals surface area contributed by atoms with Crippen molar-refractivity contribution < 1.29 is 9.90 Å². The number of halogens is 1. The van der Waals surface area contributed by atoms with Gasteiger partial charge in [-0.3, -0.25) is 4.79 Å². The Hall–Kier alpha value is -2.00. The Balaban J connectivity index is 1.86. The molecule has 1 saturated carbocycles. The van der Waals surface area contributed by atoms with Crippen LogP contribution in [0.5, 0.6) is 5.75 Å². The second kappa shape index (κ2) is 5.41. The Bertz CT molecular complexity index is 691. The van der Waals surface area contributed by atoms with Gasteiger partial charge in [0.25, 0.3) is 5.91 Å². The normalized spacial score (nSPS) is 14.0. The summed E-state index contributed by atoms with van der Waals surface area (Å²) in [6.45, 7) is 1.92. The summed E-state index contributed by atoms with van der Waals surface area (Å²) >= 11 is 5.97. The van der Waals surface area contributed by atoms with Crippen molar-refractivity contribution in [2.24, 2.45) is 0 Å². The molecule has 0 unspecified atom stereocenters. The van der Waals surface area contributed by atoms with Gasteiger partial charge < -0.3 is 10.4 Å². The van der Waals surface area contributed by atoms with E-state index in [1.54, 1.807) is 12.1 Å². The van der Waals surface area contributed by atoms with Crippen molar-refractivity contribution in [2.75, 3.05) is 0 Å². The van der Waals surface area contributed by atoms with E-state index in [0.717, 1.165) is 29.5 Å². The Labute approximate surface area is 128 Å². The molecule has 0 spiro atoms. The molecule has 0 radical (unpaired) electrons. The second-order valence-electron chi connectivity index (χ2n) is 5.44. The van der Waals surface area contributed by atoms with Crippen molar-refractivity contribution in [3.05, 3.63) is 52.5 Å². The van der Waals surface area contributed by atoms with E-state index in [2.05, 4.69) is 5.32 Å². The summed E-state index contributed by atoms with van der Waals surface area (Å²) in [6.07, 6.45) is 2.16. The lowest BCUT2D eigenvalue weighted by Crippen LogP contribution is -2.25. The van der Waals surface area contributed by atoms with Crippen molar-refractivity contribution >= 4 is 17.5 Å². The highest BCUT2D eigenvalue weighted by Gasteiger charge is 2.23. The molecule has 2 aromatic rings. The number of nitrogens with one attached hydrogen (secondary N) is 1. The molecule has 2 N–H and O–H groups in total. The number of rotatable bonds is 3. The topological polar surface area (TPSA) is 49.3 Å². The summed E-state index contributed by atoms with van der Waals surface area (Å²) in [7, 11) is 0. The lowest BCUT2D eigenvalue weighted by molar-refractivity contribution is 0.0951. The van der Waals surface area contributed by atoms with Crippen LogP contribution in [0.1, 0.15) is 28.8 Å². The van der Waals surface area contributed by atoms with Crippen LogP contribution < -0.4 is 5.32 Å². The van der Waals surface area contributed by atoms with Gasteiger partial charge in [0.2, 0.25) is 0 Å². The van der Waals surface area contributed by atoms with Crippen molar-refractivity contribution in [2.45, 2.75) is 25.8 Å². The van der Waals surface area contributed by atoms with Crippen molar-refractivity contribution in [3.63, 3.8) is 0 Å². The molecule has 108 valence electrons. The van der Waals surface area contributed by atoms with Gasteiger partial charge in [0.15, 0.2) is 0 Å². The van der Waals surface area contributed by atoms with Crippen molar-refractivity contribution in [1.82, 2.24) is 5.32 Å². The third-order valence-electron chi connectivity index (χ3n) is 3.66. The molecule has 0 aliphatic heterocycles. The Morgan fingerprint density at radius 1 is 1.24 bits per heavy atom. The molecule has 21 heavy (non-hydrogen) atoms. The van der Waals surface area contributed by atoms with Crippen LogP contribution in [-0.4, -0.2) is 17.1 Å². The average Bonchev–Trinajstić information content (AvgIpc) is 3.27. The highest BCUT2D eigenvalue weighted by molar-refractivity contribution is 6.32. The van der Waals surface area contributed by atoms with Crippen LogP contribution in [0.15, 0.2) is 36.4 Å². The van der Waals surface area contributed by atoms with Gasteiger partial charge in [-0.25, -0.2) is 0 Å². The number of aromatic hydroxyl groups is 1. The molecule has 0 atom stereocenters. The van der Waals surface area contributed by atoms with E-state index in [-0.39, 0.29) is 11.7 Å². The van der Waals surface area contributed by atoms with E-state index in [1.807, 2.05) is 31.2 Å². The zero-order chi connectivity index (χ0) is 15.0. The van der Waals surface area contributed by atoms with Crippen LogP contribution in [0.2, 0.25) is 5.02 Å². The second-order valence-corrected chi connectivity index (χ2v) is 5.85. The van der Waals surface area contributed by atoms with Crippen LogP contribution in [0, 0.1) is 6.92 Å². The Kier molecular flexibility index (Phi) is 3.60. The highest BCUT2D eigenvalue weighted by Crippen LogP contribution is 2.32. The van der Waals surface area contributed by atoms with Gasteiger partial charge in [-0.15, -0.1) is 0 Å². The first-order valence-corrected chi connectivity index (χ1v) is 7.33. The molecule has 2 aromatic carbocycles. The van der Waals surface area contributed by atoms with Gasteiger partial charge >= 0.3 is 0 Å². The molecule has 1 amide bonds. The number of carbonyl (C=O) groups excluding carboxylic acids is 1. The molecule has 1 aliphatic rings. The van der Waals surface area contributed by atoms with E-state index in [0.29, 0.717) is 16.6 Å². The number of phenols is 1. The number of benzene rings is 2. The maximum absolute atomic E-state index is 11.9. The monoisotopic (exact) mass is 301 g/mol. The van der Waals surface area contributed by atoms with E-state index in [4.69, 9.17) is 11.6 Å². The van der Waals surface area contributed by atoms with E-state index in [1.165, 1.54) is 0 Å². The largest absolute Gasteiger partial charge is 0.506 e. The zero-order valence-corrected chi connectivity index (χ0v) is 12.4. The molecular formula is C17H16ClNO2. The van der Waals surface area contributed by atoms with Crippen LogP contribution in [-0.2, 0) is 0 Å². The van der Waals surface area contributed by atoms with Crippen LogP contribution >= 0.6 is 11.6 Å². The SMILES string of the molecule is Cc1cc(O)c(Cl)cc1-c1ccc(C(=O)NC2CC2)cc1. The number of amides is 1. The number of carbonyl (C=O) groups is 1. The standard InChI is InChI=1S/C17H16ClNO2/c1-10-8-16(20)15(18)9-14(10)11-2-4-12(5-3-11)17(21)19-13-6-7-13/h2-5,8-9,13,20H,6-7H2,1H3,(H,19,21). The fraction of sp³-hybridized carbons (Fsp3) is 0.235. The predicted molar refractivity (Wildman–Crippen MR) is 83.8 cm³/mol. The third kappa shape index (κ3) is 3.03. The molecular weight excluding hydrogens is 286 g/mol. The van der Waals surface area contributed by atoms with E-state index in [9.17, 15) is 9.90 Å². The summed E-state index contributed by atoms with van der Waals surface area (Å²) in [5.41, 5.74) is 3.52. The van der Waals surface area contributed by atoms with Gasteiger partial charge in [0.1, 0.15) is 5.75 Å². The lowest BCUT2D eigenvalue weighted by Gasteiger charge is -2.09. The predicted octanol–water partition coefficient (Wildman–Crippen LogP) is 3.91. The van der Waals surface area contributed by atoms with E-state index < -0.39 is 0 Å². The molecule has 0 bridgehead atoms. The number of aryl methyl sites for hydroxylation is 1. The first-order chi connectivity index (χ1) is 10.0. The summed E-state index contributed by atoms with van der Waals surface area (Å²) in [4.78, 5) is 11.9. The molecule has 0 heterocycles. The lowest BCUT2D eigenvalue weighted by atomic mass is 9.99. The minimum atomic E-state index is -0.0236. The zero-order valence-electron chi connectivity index (χ0n) is 11.7. The minimum absolute atomic E-state index is 0.0236. The van der Waals surface area contributed by atoms with Crippen LogP contribution in [0.4, 0.5) is 0 Å². The third-order valence-corrected chi connectivity index (χ3v) is 3.97. The smallest absolute Gasteiger partial charge is 0.251 e. The summed E-state index contributed by atoms with van der Waals surface area (Å²) < 4.78 is 0. The maximum Gasteiger partial charge on any atom is 0.251 e. The van der Waals surface area contributed by atoms with Crippen molar-refractivity contribution in [1.29, 1.82) is 0 Å². The minimum Gasteiger partial charge on any atom is -0.506 e. The summed E-state index contributed by atoms with van der Waals surface area (Å²) in [6, 6.07) is 11.2. The van der Waals surface area contributed by atoms with Crippen molar-refractivity contribution in [3.8, 4) is 16.9 Å². The summed E-state index contributed by atoms with van der Waals surface area (Å²) in [5, 5.41) is 12.9. The number of hydrogen-bond donors (Lipinski definition) is 2. The first-order valence-electron chi connectivity index (χ1n) is 6.95. The maximum atomic E-state index is 11.9. The molecule has 1 aliphatic carbocycles. The van der Waals surface area contributed by atoms with Gasteiger partial charge in [0.05, 0.1) is 5.02 Å².